The number of hydrogen-bond acceptors (Lipinski definition) is 4. The van der Waals surface area contributed by atoms with Gasteiger partial charge < -0.3 is 10.6 Å². The van der Waals surface area contributed by atoms with E-state index in [1.807, 2.05) is 6.07 Å². The van der Waals surface area contributed by atoms with Crippen LogP contribution >= 0.6 is 0 Å². The van der Waals surface area contributed by atoms with E-state index in [4.69, 9.17) is 5.26 Å². The minimum atomic E-state index is -4.98. The van der Waals surface area contributed by atoms with Crippen LogP contribution in [0.1, 0.15) is 22.3 Å². The van der Waals surface area contributed by atoms with Crippen LogP contribution in [0.25, 0.3) is 0 Å². The van der Waals surface area contributed by atoms with Gasteiger partial charge in [0.1, 0.15) is 6.42 Å². The van der Waals surface area contributed by atoms with E-state index in [0.717, 1.165) is 24.3 Å². The normalized spacial score (nSPS) is 10.6. The number of alkyl halides is 3. The Labute approximate surface area is 151 Å². The molecule has 0 heterocycles. The molecule has 0 atom stereocenters. The summed E-state index contributed by atoms with van der Waals surface area (Å²) in [6.07, 6.45) is -5.50. The number of nitriles is 1. The van der Waals surface area contributed by atoms with Crippen molar-refractivity contribution in [2.45, 2.75) is 12.6 Å². The maximum Gasteiger partial charge on any atom is 0.454 e. The van der Waals surface area contributed by atoms with Crippen molar-refractivity contribution in [3.05, 3.63) is 59.7 Å². The molecule has 0 aliphatic rings. The van der Waals surface area contributed by atoms with E-state index < -0.39 is 35.8 Å². The van der Waals surface area contributed by atoms with Crippen LogP contribution < -0.4 is 10.6 Å². The minimum absolute atomic E-state index is 0.143. The van der Waals surface area contributed by atoms with E-state index >= 15 is 0 Å². The lowest BCUT2D eigenvalue weighted by molar-refractivity contribution is -0.123. The first-order valence-electron chi connectivity index (χ1n) is 7.50. The van der Waals surface area contributed by atoms with Gasteiger partial charge in [0.15, 0.2) is 0 Å². The molecule has 138 valence electrons. The van der Waals surface area contributed by atoms with E-state index in [1.165, 1.54) is 24.3 Å². The first-order chi connectivity index (χ1) is 12.7. The van der Waals surface area contributed by atoms with Crippen LogP contribution in [-0.2, 0) is 9.59 Å². The summed E-state index contributed by atoms with van der Waals surface area (Å²) in [5.74, 6) is -3.28. The molecule has 9 heteroatoms. The highest BCUT2D eigenvalue weighted by Gasteiger charge is 2.39. The molecule has 2 aromatic rings. The molecule has 0 aliphatic heterocycles. The molecule has 2 N–H and O–H groups in total. The number of anilines is 2. The van der Waals surface area contributed by atoms with Crippen LogP contribution in [0.4, 0.5) is 24.5 Å². The van der Waals surface area contributed by atoms with Crippen LogP contribution in [0.15, 0.2) is 48.5 Å². The van der Waals surface area contributed by atoms with Crippen LogP contribution in [0.2, 0.25) is 0 Å². The predicted octanol–water partition coefficient (Wildman–Crippen LogP) is 3.27. The van der Waals surface area contributed by atoms with Gasteiger partial charge in [-0.25, -0.2) is 0 Å². The number of Topliss-reactive ketones (excluding diaryl/α,β-unsaturated/α-hetero) is 1. The van der Waals surface area contributed by atoms with E-state index in [9.17, 15) is 27.6 Å². The zero-order chi connectivity index (χ0) is 20.0. The van der Waals surface area contributed by atoms with E-state index in [2.05, 4.69) is 10.6 Å². The third kappa shape index (κ3) is 5.67. The fourth-order valence-corrected chi connectivity index (χ4v) is 2.05. The average Bonchev–Trinajstić information content (AvgIpc) is 2.61. The average molecular weight is 375 g/mol. The molecule has 0 bridgehead atoms. The topological polar surface area (TPSA) is 99.1 Å². The number of nitrogens with zero attached hydrogens (tertiary/aromatic N) is 1. The molecule has 0 saturated carbocycles. The Morgan fingerprint density at radius 1 is 0.852 bits per heavy atom. The number of hydrogen-bond donors (Lipinski definition) is 2. The zero-order valence-corrected chi connectivity index (χ0v) is 13.6. The van der Waals surface area contributed by atoms with Gasteiger partial charge in [0, 0.05) is 16.9 Å². The Morgan fingerprint density at radius 2 is 1.30 bits per heavy atom. The van der Waals surface area contributed by atoms with Gasteiger partial charge in [-0.05, 0) is 48.5 Å². The second-order valence-electron chi connectivity index (χ2n) is 5.37. The number of nitrogens with one attached hydrogen (secondary N) is 2. The second-order valence-corrected chi connectivity index (χ2v) is 5.37. The molecular formula is C18H12F3N3O3. The van der Waals surface area contributed by atoms with Crippen molar-refractivity contribution >= 4 is 29.0 Å². The maximum absolute atomic E-state index is 12.3. The van der Waals surface area contributed by atoms with E-state index in [-0.39, 0.29) is 5.69 Å². The van der Waals surface area contributed by atoms with E-state index in [0.29, 0.717) is 11.3 Å². The fourth-order valence-electron chi connectivity index (χ4n) is 2.05. The summed E-state index contributed by atoms with van der Waals surface area (Å²) < 4.78 is 37.0. The molecule has 6 nitrogen and oxygen atoms in total. The molecule has 2 aromatic carbocycles. The van der Waals surface area contributed by atoms with Crippen molar-refractivity contribution in [2.24, 2.45) is 0 Å². The summed E-state index contributed by atoms with van der Waals surface area (Å²) in [6, 6.07) is 12.1. The largest absolute Gasteiger partial charge is 0.454 e. The molecule has 2 rings (SSSR count). The molecule has 0 saturated heterocycles. The van der Waals surface area contributed by atoms with Crippen molar-refractivity contribution < 1.29 is 27.6 Å². The molecular weight excluding hydrogens is 363 g/mol. The van der Waals surface area contributed by atoms with Crippen molar-refractivity contribution in [3.63, 3.8) is 0 Å². The summed E-state index contributed by atoms with van der Waals surface area (Å²) >= 11 is 0. The Kier molecular flexibility index (Phi) is 5.92. The van der Waals surface area contributed by atoms with Gasteiger partial charge in [-0.1, -0.05) is 0 Å². The Balaban J connectivity index is 1.90. The summed E-state index contributed by atoms with van der Waals surface area (Å²) in [5, 5.41) is 13.5. The van der Waals surface area contributed by atoms with Gasteiger partial charge in [0.2, 0.25) is 11.8 Å². The van der Waals surface area contributed by atoms with Crippen molar-refractivity contribution in [2.75, 3.05) is 10.6 Å². The number of amides is 2. The quantitative estimate of drug-likeness (QED) is 0.619. The van der Waals surface area contributed by atoms with Crippen molar-refractivity contribution in [1.29, 1.82) is 5.26 Å². The van der Waals surface area contributed by atoms with Gasteiger partial charge in [0.25, 0.3) is 5.78 Å². The van der Waals surface area contributed by atoms with Crippen LogP contribution in [0.5, 0.6) is 0 Å². The number of ketones is 1. The molecule has 27 heavy (non-hydrogen) atoms. The third-order valence-electron chi connectivity index (χ3n) is 3.31. The first kappa shape index (κ1) is 19.7. The monoisotopic (exact) mass is 375 g/mol. The summed E-state index contributed by atoms with van der Waals surface area (Å²) in [5.41, 5.74) is 0.406. The maximum atomic E-state index is 12.3. The molecule has 0 spiro atoms. The third-order valence-corrected chi connectivity index (χ3v) is 3.31. The highest BCUT2D eigenvalue weighted by Crippen LogP contribution is 2.22. The number of halogens is 3. The summed E-state index contributed by atoms with van der Waals surface area (Å²) in [4.78, 5) is 34.7. The lowest BCUT2D eigenvalue weighted by Crippen LogP contribution is -2.23. The van der Waals surface area contributed by atoms with Gasteiger partial charge in [0.05, 0.1) is 11.6 Å². The second kappa shape index (κ2) is 8.14. The molecule has 2 amide bonds. The van der Waals surface area contributed by atoms with Crippen LogP contribution in [0.3, 0.4) is 0 Å². The SMILES string of the molecule is N#Cc1ccc(NC(=O)CC(=O)Nc2ccc(C(=O)C(F)(F)F)cc2)cc1. The number of benzene rings is 2. The lowest BCUT2D eigenvalue weighted by atomic mass is 10.1. The smallest absolute Gasteiger partial charge is 0.326 e. The van der Waals surface area contributed by atoms with Crippen LogP contribution in [0, 0.1) is 11.3 Å². The number of rotatable bonds is 5. The fraction of sp³-hybridized carbons (Fsp3) is 0.111. The Hall–Kier alpha value is -3.67. The molecule has 0 radical (unpaired) electrons. The molecule has 0 unspecified atom stereocenters. The highest BCUT2D eigenvalue weighted by molar-refractivity contribution is 6.08. The summed E-state index contributed by atoms with van der Waals surface area (Å²) in [6.45, 7) is 0. The molecule has 0 fully saturated rings. The zero-order valence-electron chi connectivity index (χ0n) is 13.6. The van der Waals surface area contributed by atoms with Gasteiger partial charge >= 0.3 is 6.18 Å². The standard InChI is InChI=1S/C18H12F3N3O3/c19-18(20,21)17(27)12-3-7-14(8-4-12)24-16(26)9-15(25)23-13-5-1-11(10-22)2-6-13/h1-8H,9H2,(H,23,25)(H,24,26). The van der Waals surface area contributed by atoms with Crippen molar-refractivity contribution in [3.8, 4) is 6.07 Å². The first-order valence-corrected chi connectivity index (χ1v) is 7.50. The lowest BCUT2D eigenvalue weighted by Gasteiger charge is -2.08. The van der Waals surface area contributed by atoms with Gasteiger partial charge in [-0.3, -0.25) is 14.4 Å². The molecule has 0 aliphatic carbocycles. The van der Waals surface area contributed by atoms with Crippen LogP contribution in [-0.4, -0.2) is 23.8 Å². The highest BCUT2D eigenvalue weighted by atomic mass is 19.4. The minimum Gasteiger partial charge on any atom is -0.326 e. The summed E-state index contributed by atoms with van der Waals surface area (Å²) in [7, 11) is 0. The van der Waals surface area contributed by atoms with E-state index in [1.54, 1.807) is 0 Å². The number of carbonyl (C=O) groups is 3. The van der Waals surface area contributed by atoms with Gasteiger partial charge in [-0.2, -0.15) is 18.4 Å². The Morgan fingerprint density at radius 3 is 1.70 bits per heavy atom. The molecule has 0 aromatic heterocycles. The van der Waals surface area contributed by atoms with Gasteiger partial charge in [-0.15, -0.1) is 0 Å². The van der Waals surface area contributed by atoms with Crippen molar-refractivity contribution in [1.82, 2.24) is 0 Å². The number of carbonyl (C=O) groups excluding carboxylic acids is 3. The predicted molar refractivity (Wildman–Crippen MR) is 89.9 cm³/mol. The Bertz CT molecular complexity index is 899.